The Bertz CT molecular complexity index is 188. The summed E-state index contributed by atoms with van der Waals surface area (Å²) in [7, 11) is 0. The lowest BCUT2D eigenvalue weighted by Gasteiger charge is -2.19. The van der Waals surface area contributed by atoms with Gasteiger partial charge in [-0.25, -0.2) is 0 Å². The van der Waals surface area contributed by atoms with Gasteiger partial charge in [-0.1, -0.05) is 13.8 Å². The van der Waals surface area contributed by atoms with Crippen LogP contribution < -0.4 is 5.73 Å². The molecule has 2 aliphatic rings. The van der Waals surface area contributed by atoms with Gasteiger partial charge < -0.3 is 5.73 Å². The number of hydrogen-bond acceptors (Lipinski definition) is 1. The number of primary amides is 1. The molecule has 2 saturated carbocycles. The number of hydrogen-bond donors (Lipinski definition) is 1. The zero-order valence-electron chi connectivity index (χ0n) is 7.08. The first-order valence-electron chi connectivity index (χ1n) is 4.42. The Balaban J connectivity index is 2.16. The highest BCUT2D eigenvalue weighted by Gasteiger charge is 2.57. The first-order chi connectivity index (χ1) is 5.13. The van der Waals surface area contributed by atoms with Gasteiger partial charge in [0.05, 0.1) is 0 Å². The van der Waals surface area contributed by atoms with E-state index < -0.39 is 0 Å². The van der Waals surface area contributed by atoms with E-state index in [2.05, 4.69) is 13.8 Å². The van der Waals surface area contributed by atoms with Crippen molar-refractivity contribution in [3.8, 4) is 0 Å². The van der Waals surface area contributed by atoms with Crippen molar-refractivity contribution < 1.29 is 4.79 Å². The maximum Gasteiger partial charge on any atom is 0.221 e. The second-order valence-electron chi connectivity index (χ2n) is 4.21. The van der Waals surface area contributed by atoms with Crippen LogP contribution in [0.1, 0.15) is 20.3 Å². The highest BCUT2D eigenvalue weighted by molar-refractivity contribution is 5.78. The van der Waals surface area contributed by atoms with Gasteiger partial charge in [0.1, 0.15) is 0 Å². The van der Waals surface area contributed by atoms with Crippen LogP contribution in [0.5, 0.6) is 0 Å². The minimum absolute atomic E-state index is 0.0859. The summed E-state index contributed by atoms with van der Waals surface area (Å²) in [6, 6.07) is 0. The van der Waals surface area contributed by atoms with Crippen molar-refractivity contribution in [3.63, 3.8) is 0 Å². The Morgan fingerprint density at radius 2 is 1.73 bits per heavy atom. The predicted molar refractivity (Wildman–Crippen MR) is 42.6 cm³/mol. The average Bonchev–Trinajstić information content (AvgIpc) is 2.59. The largest absolute Gasteiger partial charge is 0.369 e. The van der Waals surface area contributed by atoms with E-state index >= 15 is 0 Å². The smallest absolute Gasteiger partial charge is 0.221 e. The van der Waals surface area contributed by atoms with Gasteiger partial charge in [0.2, 0.25) is 5.91 Å². The van der Waals surface area contributed by atoms with Gasteiger partial charge >= 0.3 is 0 Å². The number of nitrogens with two attached hydrogens (primary N) is 1. The van der Waals surface area contributed by atoms with Crippen LogP contribution >= 0.6 is 0 Å². The lowest BCUT2D eigenvalue weighted by Crippen LogP contribution is -2.31. The third kappa shape index (κ3) is 0.815. The predicted octanol–water partition coefficient (Wildman–Crippen LogP) is 1.01. The fourth-order valence-electron chi connectivity index (χ4n) is 2.97. The van der Waals surface area contributed by atoms with Gasteiger partial charge in [0.15, 0.2) is 0 Å². The van der Waals surface area contributed by atoms with Crippen LogP contribution in [0, 0.1) is 29.6 Å². The van der Waals surface area contributed by atoms with Crippen LogP contribution in [0.4, 0.5) is 0 Å². The zero-order chi connectivity index (χ0) is 8.17. The molecule has 0 aromatic carbocycles. The molecular weight excluding hydrogens is 138 g/mol. The second kappa shape index (κ2) is 1.99. The molecule has 0 heterocycles. The summed E-state index contributed by atoms with van der Waals surface area (Å²) >= 11 is 0. The number of carbonyl (C=O) groups excluding carboxylic acids is 1. The number of carbonyl (C=O) groups is 1. The van der Waals surface area contributed by atoms with Gasteiger partial charge in [0, 0.05) is 5.92 Å². The molecule has 1 unspecified atom stereocenters. The van der Waals surface area contributed by atoms with Crippen LogP contribution in [0.15, 0.2) is 0 Å². The van der Waals surface area contributed by atoms with Crippen LogP contribution in [0.3, 0.4) is 0 Å². The fraction of sp³-hybridized carbons (Fsp3) is 0.889. The van der Waals surface area contributed by atoms with E-state index in [4.69, 9.17) is 5.73 Å². The molecule has 1 amide bonds. The number of amides is 1. The molecule has 11 heavy (non-hydrogen) atoms. The minimum atomic E-state index is -0.0859. The van der Waals surface area contributed by atoms with Gasteiger partial charge in [0.25, 0.3) is 0 Å². The summed E-state index contributed by atoms with van der Waals surface area (Å²) in [4.78, 5) is 11.0. The molecule has 0 aliphatic heterocycles. The molecule has 2 heteroatoms. The Labute approximate surface area is 67.1 Å². The summed E-state index contributed by atoms with van der Waals surface area (Å²) in [5.41, 5.74) is 5.32. The van der Waals surface area contributed by atoms with Crippen molar-refractivity contribution in [2.75, 3.05) is 0 Å². The molecule has 0 radical (unpaired) electrons. The summed E-state index contributed by atoms with van der Waals surface area (Å²) in [5, 5.41) is 0. The summed E-state index contributed by atoms with van der Waals surface area (Å²) in [6.07, 6.45) is 1.34. The van der Waals surface area contributed by atoms with Gasteiger partial charge in [-0.3, -0.25) is 4.79 Å². The van der Waals surface area contributed by atoms with Crippen molar-refractivity contribution in [2.24, 2.45) is 35.3 Å². The molecule has 2 N–H and O–H groups in total. The maximum absolute atomic E-state index is 11.0. The Morgan fingerprint density at radius 3 is 2.00 bits per heavy atom. The van der Waals surface area contributed by atoms with Crippen molar-refractivity contribution in [1.82, 2.24) is 0 Å². The SMILES string of the molecule is C[C@H]1[C@@H](C(N)=O)[C@H](C)C2C[C@H]21. The topological polar surface area (TPSA) is 43.1 Å². The number of fused-ring (bicyclic) bond motifs is 1. The van der Waals surface area contributed by atoms with E-state index in [-0.39, 0.29) is 11.8 Å². The van der Waals surface area contributed by atoms with E-state index in [1.165, 1.54) is 6.42 Å². The molecule has 0 spiro atoms. The van der Waals surface area contributed by atoms with Crippen LogP contribution in [0.25, 0.3) is 0 Å². The molecule has 2 aliphatic carbocycles. The summed E-state index contributed by atoms with van der Waals surface area (Å²) in [6.45, 7) is 4.34. The lowest BCUT2D eigenvalue weighted by molar-refractivity contribution is -0.124. The third-order valence-corrected chi connectivity index (χ3v) is 3.70. The van der Waals surface area contributed by atoms with Crippen molar-refractivity contribution in [2.45, 2.75) is 20.3 Å². The van der Waals surface area contributed by atoms with Crippen LogP contribution in [-0.4, -0.2) is 5.91 Å². The normalized spacial score (nSPS) is 53.8. The molecule has 2 nitrogen and oxygen atoms in total. The molecule has 2 rings (SSSR count). The monoisotopic (exact) mass is 153 g/mol. The first-order valence-corrected chi connectivity index (χ1v) is 4.42. The van der Waals surface area contributed by atoms with Crippen molar-refractivity contribution in [1.29, 1.82) is 0 Å². The molecule has 0 aromatic heterocycles. The van der Waals surface area contributed by atoms with Crippen LogP contribution in [-0.2, 0) is 4.79 Å². The quantitative estimate of drug-likeness (QED) is 0.600. The minimum Gasteiger partial charge on any atom is -0.369 e. The van der Waals surface area contributed by atoms with Gasteiger partial charge in [-0.2, -0.15) is 0 Å². The molecule has 5 atom stereocenters. The average molecular weight is 153 g/mol. The molecule has 0 aromatic rings. The second-order valence-corrected chi connectivity index (χ2v) is 4.21. The Kier molecular flexibility index (Phi) is 1.29. The zero-order valence-corrected chi connectivity index (χ0v) is 7.08. The van der Waals surface area contributed by atoms with E-state index in [0.717, 1.165) is 11.8 Å². The Morgan fingerprint density at radius 1 is 1.27 bits per heavy atom. The lowest BCUT2D eigenvalue weighted by atomic mass is 9.86. The fourth-order valence-corrected chi connectivity index (χ4v) is 2.97. The van der Waals surface area contributed by atoms with Gasteiger partial charge in [-0.15, -0.1) is 0 Å². The van der Waals surface area contributed by atoms with Gasteiger partial charge in [-0.05, 0) is 30.1 Å². The highest BCUT2D eigenvalue weighted by Crippen LogP contribution is 2.60. The summed E-state index contributed by atoms with van der Waals surface area (Å²) in [5.74, 6) is 2.82. The van der Waals surface area contributed by atoms with E-state index in [1.807, 2.05) is 0 Å². The molecule has 2 fully saturated rings. The first kappa shape index (κ1) is 7.14. The van der Waals surface area contributed by atoms with E-state index in [0.29, 0.717) is 11.8 Å². The molecule has 0 bridgehead atoms. The van der Waals surface area contributed by atoms with Crippen molar-refractivity contribution in [3.05, 3.63) is 0 Å². The highest BCUT2D eigenvalue weighted by atomic mass is 16.1. The Hall–Kier alpha value is -0.530. The van der Waals surface area contributed by atoms with E-state index in [1.54, 1.807) is 0 Å². The van der Waals surface area contributed by atoms with Crippen molar-refractivity contribution >= 4 is 5.91 Å². The standard InChI is InChI=1S/C9H15NO/c1-4-6-3-7(6)5(2)8(4)9(10)11/h4-8H,3H2,1-2H3,(H2,10,11)/t4-,5-,6+,7?,8-/m1/s1. The van der Waals surface area contributed by atoms with E-state index in [9.17, 15) is 4.79 Å². The maximum atomic E-state index is 11.0. The third-order valence-electron chi connectivity index (χ3n) is 3.70. The molecule has 0 saturated heterocycles. The number of rotatable bonds is 1. The van der Waals surface area contributed by atoms with Crippen LogP contribution in [0.2, 0.25) is 0 Å². The molecule has 62 valence electrons. The molecular formula is C9H15NO. The summed E-state index contributed by atoms with van der Waals surface area (Å²) < 4.78 is 0.